The molecule has 15 aromatic carbocycles. The molecular weight excluding hydrogens is 1310 g/mol. The predicted molar refractivity (Wildman–Crippen MR) is 448 cm³/mol. The van der Waals surface area contributed by atoms with Gasteiger partial charge in [-0.1, -0.05) is 278 Å². The molecule has 0 unspecified atom stereocenters. The van der Waals surface area contributed by atoms with Crippen LogP contribution in [0, 0.1) is 0 Å². The molecule has 0 atom stereocenters. The second-order valence-corrected chi connectivity index (χ2v) is 31.4. The molecule has 0 aliphatic heterocycles. The summed E-state index contributed by atoms with van der Waals surface area (Å²) < 4.78 is 7.26. The summed E-state index contributed by atoms with van der Waals surface area (Å²) in [6.07, 6.45) is 0. The van der Waals surface area contributed by atoms with E-state index >= 15 is 0 Å². The summed E-state index contributed by atoms with van der Waals surface area (Å²) in [7, 11) is 0. The Kier molecular flexibility index (Phi) is 13.1. The van der Waals surface area contributed by atoms with Gasteiger partial charge in [0.25, 0.3) is 0 Å². The van der Waals surface area contributed by atoms with E-state index < -0.39 is 0 Å². The lowest BCUT2D eigenvalue weighted by Crippen LogP contribution is -2.14. The SMILES string of the molecule is CC1(C)c2ccccc2-c2cc(-c3cccc4c3c3ccccc3n4-c3cccc(-c4nc(-c5cccc(-n6c7ccccc7c7c(-c8ccc9c(c8)-c8ccccc8C9(C)C)cccc76)c5)nc(-c5cccc(-n6c7ccccc7c7c(-c8ccc9c(c8)-c8ccccc8C9(C)C)cccc76)c5)n4)c3)ccc21. The molecule has 3 aliphatic carbocycles. The summed E-state index contributed by atoms with van der Waals surface area (Å²) >= 11 is 0. The smallest absolute Gasteiger partial charge is 0.164 e. The Morgan fingerprint density at radius 3 is 0.759 bits per heavy atom. The molecule has 6 heteroatoms. The fourth-order valence-electron chi connectivity index (χ4n) is 19.4. The maximum Gasteiger partial charge on any atom is 0.164 e. The molecule has 4 aromatic heterocycles. The molecule has 108 heavy (non-hydrogen) atoms. The molecule has 510 valence electrons. The summed E-state index contributed by atoms with van der Waals surface area (Å²) in [6, 6.07) is 121. The number of hydrogen-bond donors (Lipinski definition) is 0. The molecule has 0 spiro atoms. The third kappa shape index (κ3) is 8.92. The van der Waals surface area contributed by atoms with Gasteiger partial charge in [-0.25, -0.2) is 15.0 Å². The second kappa shape index (κ2) is 22.9. The average molecular weight is 1380 g/mol. The minimum Gasteiger partial charge on any atom is -0.309 e. The zero-order valence-corrected chi connectivity index (χ0v) is 60.9. The molecule has 0 saturated heterocycles. The van der Waals surface area contributed by atoms with E-state index in [9.17, 15) is 0 Å². The highest BCUT2D eigenvalue weighted by atomic mass is 15.0. The quantitative estimate of drug-likeness (QED) is 0.145. The van der Waals surface area contributed by atoms with Crippen LogP contribution in [0.5, 0.6) is 0 Å². The van der Waals surface area contributed by atoms with Crippen molar-refractivity contribution in [3.05, 3.63) is 361 Å². The van der Waals surface area contributed by atoms with E-state index in [0.717, 1.165) is 66.9 Å². The Morgan fingerprint density at radius 2 is 0.444 bits per heavy atom. The van der Waals surface area contributed by atoms with E-state index in [1.54, 1.807) is 0 Å². The van der Waals surface area contributed by atoms with Gasteiger partial charge in [0.2, 0.25) is 0 Å². The lowest BCUT2D eigenvalue weighted by molar-refractivity contribution is 0.660. The monoisotopic (exact) mass is 1380 g/mol. The van der Waals surface area contributed by atoms with E-state index in [-0.39, 0.29) is 16.2 Å². The van der Waals surface area contributed by atoms with Gasteiger partial charge in [-0.15, -0.1) is 0 Å². The zero-order valence-electron chi connectivity index (χ0n) is 60.9. The van der Waals surface area contributed by atoms with Gasteiger partial charge in [-0.3, -0.25) is 0 Å². The molecule has 3 aliphatic rings. The van der Waals surface area contributed by atoms with Crippen LogP contribution in [0.4, 0.5) is 0 Å². The van der Waals surface area contributed by atoms with E-state index in [1.807, 2.05) is 0 Å². The number of benzene rings is 15. The lowest BCUT2D eigenvalue weighted by atomic mass is 9.82. The molecule has 0 saturated carbocycles. The number of para-hydroxylation sites is 3. The predicted octanol–water partition coefficient (Wildman–Crippen LogP) is 26.1. The summed E-state index contributed by atoms with van der Waals surface area (Å²) in [5.74, 6) is 1.71. The maximum atomic E-state index is 5.60. The Labute approximate surface area is 626 Å². The van der Waals surface area contributed by atoms with Crippen molar-refractivity contribution in [3.63, 3.8) is 0 Å². The van der Waals surface area contributed by atoms with Gasteiger partial charge in [0.1, 0.15) is 0 Å². The topological polar surface area (TPSA) is 53.5 Å². The summed E-state index contributed by atoms with van der Waals surface area (Å²) in [5, 5.41) is 7.21. The van der Waals surface area contributed by atoms with Gasteiger partial charge in [0, 0.05) is 82.3 Å². The lowest BCUT2D eigenvalue weighted by Gasteiger charge is -2.21. The summed E-state index contributed by atoms with van der Waals surface area (Å²) in [6.45, 7) is 14.1. The average Bonchev–Trinajstić information content (AvgIpc) is 1.58. The molecule has 0 fully saturated rings. The van der Waals surface area contributed by atoms with Crippen LogP contribution in [0.2, 0.25) is 0 Å². The minimum absolute atomic E-state index is 0.0872. The van der Waals surface area contributed by atoms with Gasteiger partial charge in [0.05, 0.1) is 33.1 Å². The van der Waals surface area contributed by atoms with Gasteiger partial charge in [-0.2, -0.15) is 0 Å². The Bertz CT molecular complexity index is 6420. The Morgan fingerprint density at radius 1 is 0.194 bits per heavy atom. The number of hydrogen-bond acceptors (Lipinski definition) is 3. The summed E-state index contributed by atoms with van der Waals surface area (Å²) in [5.41, 5.74) is 35.4. The van der Waals surface area contributed by atoms with Crippen molar-refractivity contribution in [1.29, 1.82) is 0 Å². The highest BCUT2D eigenvalue weighted by molar-refractivity contribution is 6.19. The van der Waals surface area contributed by atoms with Crippen molar-refractivity contribution in [1.82, 2.24) is 28.7 Å². The third-order valence-electron chi connectivity index (χ3n) is 24.5. The Hall–Kier alpha value is -13.3. The molecule has 19 aromatic rings. The van der Waals surface area contributed by atoms with Gasteiger partial charge >= 0.3 is 0 Å². The first-order valence-corrected chi connectivity index (χ1v) is 37.7. The van der Waals surface area contributed by atoms with E-state index in [1.165, 1.54) is 132 Å². The molecule has 0 amide bonds. The third-order valence-corrected chi connectivity index (χ3v) is 24.5. The highest BCUT2D eigenvalue weighted by Gasteiger charge is 2.39. The second-order valence-electron chi connectivity index (χ2n) is 31.4. The number of aromatic nitrogens is 6. The van der Waals surface area contributed by atoms with Crippen molar-refractivity contribution in [2.75, 3.05) is 0 Å². The molecule has 0 bridgehead atoms. The van der Waals surface area contributed by atoms with Crippen molar-refractivity contribution < 1.29 is 0 Å². The molecule has 6 nitrogen and oxygen atoms in total. The fourth-order valence-corrected chi connectivity index (χ4v) is 19.4. The van der Waals surface area contributed by atoms with Crippen LogP contribution in [-0.2, 0) is 16.2 Å². The van der Waals surface area contributed by atoms with Crippen molar-refractivity contribution >= 4 is 65.4 Å². The number of rotatable bonds is 9. The van der Waals surface area contributed by atoms with E-state index in [2.05, 4.69) is 383 Å². The molecule has 0 radical (unpaired) electrons. The van der Waals surface area contributed by atoms with Gasteiger partial charge < -0.3 is 13.7 Å². The largest absolute Gasteiger partial charge is 0.309 e. The summed E-state index contributed by atoms with van der Waals surface area (Å²) in [4.78, 5) is 16.8. The maximum absolute atomic E-state index is 5.60. The van der Waals surface area contributed by atoms with E-state index in [0.29, 0.717) is 17.5 Å². The van der Waals surface area contributed by atoms with Crippen molar-refractivity contribution in [2.24, 2.45) is 0 Å². The van der Waals surface area contributed by atoms with Crippen LogP contribution in [0.1, 0.15) is 74.9 Å². The van der Waals surface area contributed by atoms with Crippen LogP contribution in [0.15, 0.2) is 328 Å². The normalized spacial score (nSPS) is 14.1. The first-order valence-electron chi connectivity index (χ1n) is 37.7. The van der Waals surface area contributed by atoms with Crippen LogP contribution < -0.4 is 0 Å². The molecular formula is C102H72N6. The minimum atomic E-state index is -0.0872. The first kappa shape index (κ1) is 62.1. The fraction of sp³-hybridized carbons (Fsp3) is 0.0882. The van der Waals surface area contributed by atoms with Crippen molar-refractivity contribution in [2.45, 2.75) is 57.8 Å². The molecule has 4 heterocycles. The van der Waals surface area contributed by atoms with Gasteiger partial charge in [-0.05, 0) is 191 Å². The standard InChI is InChI=1S/C102H72N6/c1-100(2)82-40-13-7-31-73(82)79-58-61(49-52-85(79)100)70-37-22-46-91-94(70)76-34-10-16-43-88(76)106(91)67-28-19-25-64(55-67)97-103-98(65-26-20-29-68(56-65)107-89-44-17-11-35-77(89)95-71(38-23-47-92(95)107)62-50-53-86-80(59-62)74-32-8-14-41-83(74)101(86,3)4)105-99(104-97)66-27-21-30-69(57-66)108-90-45-18-12-36-78(90)96-72(39-24-48-93(96)108)63-51-54-87-81(60-63)75-33-9-15-42-84(75)102(87,5)6/h7-60H,1-6H3. The van der Waals surface area contributed by atoms with Gasteiger partial charge in [0.15, 0.2) is 17.5 Å². The van der Waals surface area contributed by atoms with Crippen molar-refractivity contribution in [3.8, 4) is 118 Å². The van der Waals surface area contributed by atoms with Crippen LogP contribution in [0.3, 0.4) is 0 Å². The molecule has 22 rings (SSSR count). The van der Waals surface area contributed by atoms with Crippen LogP contribution in [0.25, 0.3) is 183 Å². The molecule has 0 N–H and O–H groups in total. The Balaban J connectivity index is 0.707. The first-order chi connectivity index (χ1) is 52.8. The van der Waals surface area contributed by atoms with E-state index in [4.69, 9.17) is 15.0 Å². The number of fused-ring (bicyclic) bond motifs is 18. The zero-order chi connectivity index (χ0) is 72.1. The van der Waals surface area contributed by atoms with Crippen LogP contribution in [-0.4, -0.2) is 28.7 Å². The number of nitrogens with zero attached hydrogens (tertiary/aromatic N) is 6. The van der Waals surface area contributed by atoms with Crippen LogP contribution >= 0.6 is 0 Å². The highest BCUT2D eigenvalue weighted by Crippen LogP contribution is 2.55.